The summed E-state index contributed by atoms with van der Waals surface area (Å²) in [4.78, 5) is 10.7. The summed E-state index contributed by atoms with van der Waals surface area (Å²) < 4.78 is 34.2. The molecule has 9 heteroatoms. The van der Waals surface area contributed by atoms with Gasteiger partial charge in [0, 0.05) is 0 Å². The summed E-state index contributed by atoms with van der Waals surface area (Å²) in [5.74, 6) is 0. The Bertz CT molecular complexity index is 495. The molecule has 0 aliphatic carbocycles. The Kier molecular flexibility index (Phi) is 4.14. The van der Waals surface area contributed by atoms with Crippen LogP contribution in [0.4, 0.5) is 4.79 Å². The molecular weight excluding hydrogens is 278 g/mol. The zero-order valence-electron chi connectivity index (χ0n) is 8.31. The molecule has 1 aromatic rings. The van der Waals surface area contributed by atoms with Crippen LogP contribution in [0.25, 0.3) is 0 Å². The van der Waals surface area contributed by atoms with E-state index < -0.39 is 16.2 Å². The van der Waals surface area contributed by atoms with E-state index in [4.69, 9.17) is 11.6 Å². The van der Waals surface area contributed by atoms with E-state index in [1.165, 1.54) is 13.1 Å². The van der Waals surface area contributed by atoms with Gasteiger partial charge in [-0.05, 0) is 13.1 Å². The van der Waals surface area contributed by atoms with Crippen molar-refractivity contribution in [3.8, 4) is 5.06 Å². The number of carbonyl (C=O) groups excluding carboxylic acids is 1. The van der Waals surface area contributed by atoms with Gasteiger partial charge in [-0.2, -0.15) is 0 Å². The van der Waals surface area contributed by atoms with E-state index in [2.05, 4.69) is 14.2 Å². The van der Waals surface area contributed by atoms with Gasteiger partial charge in [-0.15, -0.1) is 0 Å². The molecule has 1 aromatic heterocycles. The molecule has 0 aliphatic heterocycles. The van der Waals surface area contributed by atoms with Gasteiger partial charge >= 0.3 is 6.16 Å². The Morgan fingerprint density at radius 1 is 1.56 bits per heavy atom. The van der Waals surface area contributed by atoms with Gasteiger partial charge in [-0.3, -0.25) is 0 Å². The summed E-state index contributed by atoms with van der Waals surface area (Å²) in [5, 5.41) is -0.133. The maximum absolute atomic E-state index is 11.5. The van der Waals surface area contributed by atoms with Crippen LogP contribution in [0.5, 0.6) is 5.06 Å². The molecule has 0 spiro atoms. The molecule has 0 atom stereocenters. The molecule has 0 aliphatic rings. The fraction of sp³-hybridized carbons (Fsp3) is 0.286. The van der Waals surface area contributed by atoms with Crippen molar-refractivity contribution in [2.75, 3.05) is 14.2 Å². The molecular formula is C7H8ClNO5S2. The number of carbonyl (C=O) groups is 1. The molecule has 1 rings (SSSR count). The molecule has 1 heterocycles. The van der Waals surface area contributed by atoms with Crippen LogP contribution < -0.4 is 9.46 Å². The third-order valence-electron chi connectivity index (χ3n) is 1.54. The van der Waals surface area contributed by atoms with Crippen molar-refractivity contribution >= 4 is 39.1 Å². The maximum Gasteiger partial charge on any atom is 0.514 e. The number of hydrogen-bond acceptors (Lipinski definition) is 6. The van der Waals surface area contributed by atoms with E-state index in [9.17, 15) is 13.2 Å². The van der Waals surface area contributed by atoms with Crippen molar-refractivity contribution in [2.24, 2.45) is 0 Å². The van der Waals surface area contributed by atoms with Crippen molar-refractivity contribution < 1.29 is 22.7 Å². The van der Waals surface area contributed by atoms with Crippen LogP contribution in [-0.4, -0.2) is 28.7 Å². The minimum Gasteiger partial charge on any atom is -0.437 e. The van der Waals surface area contributed by atoms with E-state index >= 15 is 0 Å². The number of rotatable bonds is 3. The third kappa shape index (κ3) is 2.85. The summed E-state index contributed by atoms with van der Waals surface area (Å²) in [7, 11) is -1.36. The van der Waals surface area contributed by atoms with E-state index in [-0.39, 0.29) is 14.3 Å². The molecule has 0 amide bonds. The van der Waals surface area contributed by atoms with Gasteiger partial charge in [-0.1, -0.05) is 22.9 Å². The molecule has 16 heavy (non-hydrogen) atoms. The fourth-order valence-electron chi connectivity index (χ4n) is 0.816. The van der Waals surface area contributed by atoms with E-state index in [0.29, 0.717) is 0 Å². The minimum atomic E-state index is -3.72. The first kappa shape index (κ1) is 13.2. The number of hydrogen-bond donors (Lipinski definition) is 1. The quantitative estimate of drug-likeness (QED) is 0.850. The van der Waals surface area contributed by atoms with Crippen LogP contribution in [0.15, 0.2) is 11.0 Å². The minimum absolute atomic E-state index is 0.133. The van der Waals surface area contributed by atoms with Crippen LogP contribution in [-0.2, 0) is 14.8 Å². The normalized spacial score (nSPS) is 11.2. The highest BCUT2D eigenvalue weighted by Crippen LogP contribution is 2.37. The summed E-state index contributed by atoms with van der Waals surface area (Å²) in [6, 6.07) is 1.19. The van der Waals surface area contributed by atoms with Crippen LogP contribution in [0.3, 0.4) is 0 Å². The Balaban J connectivity index is 3.15. The molecule has 0 saturated carbocycles. The average Bonchev–Trinajstić information content (AvgIpc) is 2.60. The second-order valence-corrected chi connectivity index (χ2v) is 5.97. The standard InChI is InChI=1S/C7H8ClNO5S2/c1-9-16(11,12)4-3-5(8)15-6(4)14-7(10)13-2/h3,9H,1-2H3. The zero-order chi connectivity index (χ0) is 12.3. The van der Waals surface area contributed by atoms with Gasteiger partial charge in [0.05, 0.1) is 11.4 Å². The van der Waals surface area contributed by atoms with E-state index in [1.54, 1.807) is 0 Å². The molecule has 0 unspecified atom stereocenters. The highest BCUT2D eigenvalue weighted by Gasteiger charge is 2.23. The number of sulfonamides is 1. The van der Waals surface area contributed by atoms with Crippen LogP contribution in [0, 0.1) is 0 Å². The highest BCUT2D eigenvalue weighted by atomic mass is 35.5. The van der Waals surface area contributed by atoms with Gasteiger partial charge in [-0.25, -0.2) is 17.9 Å². The summed E-state index contributed by atoms with van der Waals surface area (Å²) >= 11 is 6.47. The van der Waals surface area contributed by atoms with E-state index in [1.807, 2.05) is 0 Å². The van der Waals surface area contributed by atoms with Crippen molar-refractivity contribution in [3.63, 3.8) is 0 Å². The summed E-state index contributed by atoms with van der Waals surface area (Å²) in [5.41, 5.74) is 0. The number of halogens is 1. The van der Waals surface area contributed by atoms with Gasteiger partial charge in [0.2, 0.25) is 15.1 Å². The Hall–Kier alpha value is -0.830. The lowest BCUT2D eigenvalue weighted by molar-refractivity contribution is 0.122. The van der Waals surface area contributed by atoms with Crippen molar-refractivity contribution in [1.29, 1.82) is 0 Å². The number of thiophene rings is 1. The van der Waals surface area contributed by atoms with Gasteiger partial charge < -0.3 is 9.47 Å². The smallest absolute Gasteiger partial charge is 0.437 e. The lowest BCUT2D eigenvalue weighted by atomic mass is 10.6. The largest absolute Gasteiger partial charge is 0.514 e. The van der Waals surface area contributed by atoms with Gasteiger partial charge in [0.15, 0.2) is 0 Å². The predicted octanol–water partition coefficient (Wildman–Crippen LogP) is 1.45. The van der Waals surface area contributed by atoms with E-state index in [0.717, 1.165) is 18.4 Å². The number of ether oxygens (including phenoxy) is 2. The van der Waals surface area contributed by atoms with Gasteiger partial charge in [0.25, 0.3) is 0 Å². The Morgan fingerprint density at radius 2 is 2.19 bits per heavy atom. The molecule has 0 saturated heterocycles. The average molecular weight is 286 g/mol. The fourth-order valence-corrected chi connectivity index (χ4v) is 3.11. The Labute approximate surface area is 101 Å². The number of nitrogens with one attached hydrogen (secondary N) is 1. The first-order chi connectivity index (χ1) is 7.40. The second kappa shape index (κ2) is 5.00. The lowest BCUT2D eigenvalue weighted by Crippen LogP contribution is -2.19. The summed E-state index contributed by atoms with van der Waals surface area (Å²) in [6.07, 6.45) is -1.01. The molecule has 90 valence electrons. The first-order valence-electron chi connectivity index (χ1n) is 3.89. The topological polar surface area (TPSA) is 81.7 Å². The van der Waals surface area contributed by atoms with Gasteiger partial charge in [0.1, 0.15) is 4.90 Å². The molecule has 0 aromatic carbocycles. The number of methoxy groups -OCH3 is 1. The summed E-state index contributed by atoms with van der Waals surface area (Å²) in [6.45, 7) is 0. The highest BCUT2D eigenvalue weighted by molar-refractivity contribution is 7.89. The van der Waals surface area contributed by atoms with Crippen LogP contribution >= 0.6 is 22.9 Å². The van der Waals surface area contributed by atoms with Crippen molar-refractivity contribution in [3.05, 3.63) is 10.4 Å². The first-order valence-corrected chi connectivity index (χ1v) is 6.57. The Morgan fingerprint density at radius 3 is 2.69 bits per heavy atom. The molecule has 1 N–H and O–H groups in total. The van der Waals surface area contributed by atoms with Crippen molar-refractivity contribution in [2.45, 2.75) is 4.90 Å². The third-order valence-corrected chi connectivity index (χ3v) is 4.23. The lowest BCUT2D eigenvalue weighted by Gasteiger charge is -2.03. The molecule has 6 nitrogen and oxygen atoms in total. The molecule has 0 radical (unpaired) electrons. The predicted molar refractivity (Wildman–Crippen MR) is 58.6 cm³/mol. The monoisotopic (exact) mass is 285 g/mol. The second-order valence-electron chi connectivity index (χ2n) is 2.47. The zero-order valence-corrected chi connectivity index (χ0v) is 10.7. The SMILES string of the molecule is CNS(=O)(=O)c1cc(Cl)sc1OC(=O)OC. The molecule has 0 bridgehead atoms. The van der Waals surface area contributed by atoms with Crippen LogP contribution in [0.2, 0.25) is 4.34 Å². The van der Waals surface area contributed by atoms with Crippen LogP contribution in [0.1, 0.15) is 0 Å². The van der Waals surface area contributed by atoms with Crippen molar-refractivity contribution in [1.82, 2.24) is 4.72 Å². The maximum atomic E-state index is 11.5. The molecule has 0 fully saturated rings.